The number of pyridine rings is 1. The summed E-state index contributed by atoms with van der Waals surface area (Å²) in [7, 11) is 1.77. The Balaban J connectivity index is 1.69. The second-order valence-corrected chi connectivity index (χ2v) is 5.35. The number of hydrogen-bond acceptors (Lipinski definition) is 5. The van der Waals surface area contributed by atoms with Gasteiger partial charge in [-0.25, -0.2) is 9.78 Å². The molecule has 0 N–H and O–H groups in total. The van der Waals surface area contributed by atoms with E-state index in [0.29, 0.717) is 10.6 Å². The number of rotatable bonds is 2. The highest BCUT2D eigenvalue weighted by Crippen LogP contribution is 2.24. The van der Waals surface area contributed by atoms with Gasteiger partial charge in [-0.05, 0) is 24.3 Å². The fourth-order valence-electron chi connectivity index (χ4n) is 2.77. The van der Waals surface area contributed by atoms with Crippen LogP contribution in [0.25, 0.3) is 10.9 Å². The lowest BCUT2D eigenvalue weighted by Crippen LogP contribution is -2.33. The zero-order chi connectivity index (χ0) is 16.8. The van der Waals surface area contributed by atoms with Crippen molar-refractivity contribution in [1.82, 2.24) is 14.6 Å². The Bertz CT molecular complexity index is 987. The fraction of sp³-hybridized carbons (Fsp3) is 0.0588. The van der Waals surface area contributed by atoms with Gasteiger partial charge in [0.1, 0.15) is 0 Å². The minimum atomic E-state index is -0.864. The van der Waals surface area contributed by atoms with Crippen molar-refractivity contribution in [2.75, 3.05) is 0 Å². The van der Waals surface area contributed by atoms with Crippen LogP contribution in [-0.4, -0.2) is 32.4 Å². The van der Waals surface area contributed by atoms with E-state index in [0.717, 1.165) is 5.39 Å². The first-order chi connectivity index (χ1) is 11.6. The van der Waals surface area contributed by atoms with Crippen LogP contribution in [0.3, 0.4) is 0 Å². The number of nitrogens with zero attached hydrogens (tertiary/aromatic N) is 3. The van der Waals surface area contributed by atoms with Gasteiger partial charge in [0.15, 0.2) is 5.69 Å². The van der Waals surface area contributed by atoms with E-state index in [4.69, 9.17) is 4.84 Å². The summed E-state index contributed by atoms with van der Waals surface area (Å²) in [5.41, 5.74) is 1.02. The molecule has 7 heteroatoms. The van der Waals surface area contributed by atoms with Crippen LogP contribution in [0, 0.1) is 0 Å². The molecule has 1 aliphatic heterocycles. The van der Waals surface area contributed by atoms with Gasteiger partial charge in [0, 0.05) is 24.8 Å². The van der Waals surface area contributed by atoms with Crippen molar-refractivity contribution in [3.63, 3.8) is 0 Å². The monoisotopic (exact) mass is 321 g/mol. The largest absolute Gasteiger partial charge is 0.384 e. The first-order valence-electron chi connectivity index (χ1n) is 7.18. The van der Waals surface area contributed by atoms with Crippen LogP contribution in [-0.2, 0) is 11.9 Å². The van der Waals surface area contributed by atoms with Gasteiger partial charge in [0.2, 0.25) is 0 Å². The number of hydroxylamine groups is 2. The normalized spacial score (nSPS) is 13.5. The van der Waals surface area contributed by atoms with E-state index in [2.05, 4.69) is 4.98 Å². The molecule has 3 aromatic rings. The van der Waals surface area contributed by atoms with Crippen molar-refractivity contribution >= 4 is 28.7 Å². The summed E-state index contributed by atoms with van der Waals surface area (Å²) >= 11 is 0. The van der Waals surface area contributed by atoms with E-state index in [9.17, 15) is 14.4 Å². The minimum Gasteiger partial charge on any atom is -0.349 e. The number of carbonyl (C=O) groups excluding carboxylic acids is 3. The van der Waals surface area contributed by atoms with Gasteiger partial charge in [0.05, 0.1) is 16.6 Å². The Morgan fingerprint density at radius 1 is 1.04 bits per heavy atom. The van der Waals surface area contributed by atoms with Gasteiger partial charge in [-0.1, -0.05) is 17.2 Å². The summed E-state index contributed by atoms with van der Waals surface area (Å²) < 4.78 is 1.72. The van der Waals surface area contributed by atoms with Gasteiger partial charge in [-0.15, -0.1) is 0 Å². The van der Waals surface area contributed by atoms with Gasteiger partial charge in [-0.3, -0.25) is 9.59 Å². The molecular weight excluding hydrogens is 310 g/mol. The third kappa shape index (κ3) is 1.91. The summed E-state index contributed by atoms with van der Waals surface area (Å²) in [6.45, 7) is 0. The van der Waals surface area contributed by atoms with Gasteiger partial charge in [-0.2, -0.15) is 0 Å². The molecule has 0 saturated carbocycles. The predicted octanol–water partition coefficient (Wildman–Crippen LogP) is 1.94. The Labute approximate surface area is 136 Å². The molecule has 2 amide bonds. The molecule has 0 spiro atoms. The van der Waals surface area contributed by atoms with Gasteiger partial charge >= 0.3 is 5.97 Å². The highest BCUT2D eigenvalue weighted by molar-refractivity contribution is 6.21. The van der Waals surface area contributed by atoms with Crippen LogP contribution in [0.2, 0.25) is 0 Å². The lowest BCUT2D eigenvalue weighted by molar-refractivity contribution is -0.0587. The Kier molecular flexibility index (Phi) is 2.96. The van der Waals surface area contributed by atoms with Crippen LogP contribution in [0.15, 0.2) is 48.8 Å². The first-order valence-corrected chi connectivity index (χ1v) is 7.18. The smallest absolute Gasteiger partial charge is 0.349 e. The molecule has 0 fully saturated rings. The van der Waals surface area contributed by atoms with Crippen LogP contribution < -0.4 is 0 Å². The molecule has 24 heavy (non-hydrogen) atoms. The minimum absolute atomic E-state index is 0.0385. The van der Waals surface area contributed by atoms with Crippen LogP contribution in [0.1, 0.15) is 31.2 Å². The molecular formula is C17H11N3O4. The molecule has 7 nitrogen and oxygen atoms in total. The quantitative estimate of drug-likeness (QED) is 0.674. The topological polar surface area (TPSA) is 81.5 Å². The Hall–Kier alpha value is -3.48. The lowest BCUT2D eigenvalue weighted by atomic mass is 10.1. The van der Waals surface area contributed by atoms with Crippen molar-refractivity contribution in [3.05, 3.63) is 65.6 Å². The summed E-state index contributed by atoms with van der Waals surface area (Å²) in [5, 5.41) is 1.29. The van der Waals surface area contributed by atoms with Gasteiger partial charge in [0.25, 0.3) is 11.8 Å². The molecule has 2 aromatic heterocycles. The predicted molar refractivity (Wildman–Crippen MR) is 83.1 cm³/mol. The molecule has 3 heterocycles. The summed E-state index contributed by atoms with van der Waals surface area (Å²) in [6, 6.07) is 9.90. The van der Waals surface area contributed by atoms with Crippen molar-refractivity contribution in [3.8, 4) is 0 Å². The second-order valence-electron chi connectivity index (χ2n) is 5.35. The van der Waals surface area contributed by atoms with Crippen LogP contribution in [0.4, 0.5) is 0 Å². The molecule has 0 aliphatic carbocycles. The fourth-order valence-corrected chi connectivity index (χ4v) is 2.77. The first kappa shape index (κ1) is 14.1. The maximum absolute atomic E-state index is 12.5. The average molecular weight is 321 g/mol. The number of fused-ring (bicyclic) bond motifs is 2. The molecule has 0 saturated heterocycles. The Morgan fingerprint density at radius 2 is 1.71 bits per heavy atom. The third-order valence-corrected chi connectivity index (χ3v) is 3.91. The molecule has 0 unspecified atom stereocenters. The zero-order valence-corrected chi connectivity index (χ0v) is 12.6. The van der Waals surface area contributed by atoms with E-state index < -0.39 is 17.8 Å². The van der Waals surface area contributed by atoms with E-state index in [1.807, 2.05) is 6.07 Å². The summed E-state index contributed by atoms with van der Waals surface area (Å²) in [4.78, 5) is 46.1. The van der Waals surface area contributed by atoms with E-state index in [1.165, 1.54) is 18.3 Å². The Morgan fingerprint density at radius 3 is 2.38 bits per heavy atom. The second kappa shape index (κ2) is 5.02. The SMILES string of the molecule is Cn1ccc2ccnc(C(=O)ON3C(=O)c4ccccc4C3=O)c21. The average Bonchev–Trinajstić information content (AvgIpc) is 3.09. The number of amides is 2. The van der Waals surface area contributed by atoms with E-state index in [-0.39, 0.29) is 16.8 Å². The molecule has 118 valence electrons. The zero-order valence-electron chi connectivity index (χ0n) is 12.6. The molecule has 1 aromatic carbocycles. The highest BCUT2D eigenvalue weighted by atomic mass is 16.7. The van der Waals surface area contributed by atoms with Crippen molar-refractivity contribution in [1.29, 1.82) is 0 Å². The van der Waals surface area contributed by atoms with Crippen molar-refractivity contribution < 1.29 is 19.2 Å². The standard InChI is InChI=1S/C17H11N3O4/c1-19-9-7-10-6-8-18-13(14(10)19)17(23)24-20-15(21)11-4-2-3-5-12(11)16(20)22/h2-9H,1H3. The van der Waals surface area contributed by atoms with Gasteiger partial charge < -0.3 is 9.40 Å². The molecule has 0 atom stereocenters. The number of imide groups is 1. The maximum Gasteiger partial charge on any atom is 0.384 e. The van der Waals surface area contributed by atoms with Crippen LogP contribution in [0.5, 0.6) is 0 Å². The van der Waals surface area contributed by atoms with Crippen molar-refractivity contribution in [2.45, 2.75) is 0 Å². The number of carbonyl (C=O) groups is 3. The highest BCUT2D eigenvalue weighted by Gasteiger charge is 2.39. The summed E-state index contributed by atoms with van der Waals surface area (Å²) in [6.07, 6.45) is 3.26. The molecule has 0 bridgehead atoms. The van der Waals surface area contributed by atoms with Crippen LogP contribution >= 0.6 is 0 Å². The molecule has 0 radical (unpaired) electrons. The molecule has 1 aliphatic rings. The number of benzene rings is 1. The molecule has 4 rings (SSSR count). The summed E-state index contributed by atoms with van der Waals surface area (Å²) in [5.74, 6) is -2.19. The van der Waals surface area contributed by atoms with Crippen molar-refractivity contribution in [2.24, 2.45) is 7.05 Å². The number of aryl methyl sites for hydroxylation is 1. The van der Waals surface area contributed by atoms with E-state index >= 15 is 0 Å². The number of hydrogen-bond donors (Lipinski definition) is 0. The number of aromatic nitrogens is 2. The van der Waals surface area contributed by atoms with E-state index in [1.54, 1.807) is 36.0 Å². The third-order valence-electron chi connectivity index (χ3n) is 3.91. The maximum atomic E-state index is 12.5. The lowest BCUT2D eigenvalue weighted by Gasteiger charge is -2.13.